The Morgan fingerprint density at radius 1 is 1.04 bits per heavy atom. The third-order valence-corrected chi connectivity index (χ3v) is 5.31. The average molecular weight is 395 g/mol. The lowest BCUT2D eigenvalue weighted by molar-refractivity contribution is -0.135. The molecule has 1 aromatic heterocycles. The van der Waals surface area contributed by atoms with E-state index in [9.17, 15) is 4.79 Å². The van der Waals surface area contributed by atoms with Crippen LogP contribution in [0.15, 0.2) is 54.6 Å². The van der Waals surface area contributed by atoms with Gasteiger partial charge in [-0.05, 0) is 19.2 Å². The molecule has 5 nitrogen and oxygen atoms in total. The van der Waals surface area contributed by atoms with Crippen LogP contribution in [0.25, 0.3) is 22.5 Å². The molecule has 28 heavy (non-hydrogen) atoms. The van der Waals surface area contributed by atoms with E-state index in [2.05, 4.69) is 22.0 Å². The fourth-order valence-electron chi connectivity index (χ4n) is 3.47. The summed E-state index contributed by atoms with van der Waals surface area (Å²) in [6.07, 6.45) is 0.697. The van der Waals surface area contributed by atoms with Crippen molar-refractivity contribution in [3.05, 3.63) is 65.4 Å². The topological polar surface area (TPSA) is 52.2 Å². The van der Waals surface area contributed by atoms with E-state index < -0.39 is 0 Å². The zero-order valence-electron chi connectivity index (χ0n) is 15.9. The van der Waals surface area contributed by atoms with Crippen LogP contribution >= 0.6 is 11.6 Å². The van der Waals surface area contributed by atoms with E-state index in [4.69, 9.17) is 16.6 Å². The van der Waals surface area contributed by atoms with Crippen molar-refractivity contribution in [3.8, 4) is 22.5 Å². The highest BCUT2D eigenvalue weighted by atomic mass is 35.5. The van der Waals surface area contributed by atoms with Crippen LogP contribution < -0.4 is 0 Å². The average Bonchev–Trinajstić information content (AvgIpc) is 3.13. The van der Waals surface area contributed by atoms with Crippen LogP contribution in [-0.2, 0) is 11.2 Å². The van der Waals surface area contributed by atoms with Gasteiger partial charge in [0, 0.05) is 42.2 Å². The van der Waals surface area contributed by atoms with Gasteiger partial charge in [0.2, 0.25) is 5.91 Å². The molecule has 0 bridgehead atoms. The summed E-state index contributed by atoms with van der Waals surface area (Å²) in [5, 5.41) is 0.707. The van der Waals surface area contributed by atoms with E-state index >= 15 is 0 Å². The summed E-state index contributed by atoms with van der Waals surface area (Å²) in [4.78, 5) is 24.5. The summed E-state index contributed by atoms with van der Waals surface area (Å²) in [5.74, 6) is 1.07. The molecule has 4 rings (SSSR count). The van der Waals surface area contributed by atoms with Gasteiger partial charge in [-0.2, -0.15) is 0 Å². The highest BCUT2D eigenvalue weighted by molar-refractivity contribution is 6.30. The van der Waals surface area contributed by atoms with Gasteiger partial charge in [-0.3, -0.25) is 9.69 Å². The Morgan fingerprint density at radius 3 is 2.50 bits per heavy atom. The van der Waals surface area contributed by atoms with E-state index in [0.29, 0.717) is 24.5 Å². The van der Waals surface area contributed by atoms with E-state index in [0.717, 1.165) is 41.4 Å². The molecule has 1 fully saturated rings. The van der Waals surface area contributed by atoms with E-state index in [1.807, 2.05) is 54.4 Å². The van der Waals surface area contributed by atoms with Gasteiger partial charge in [-0.25, -0.2) is 4.98 Å². The summed E-state index contributed by atoms with van der Waals surface area (Å²) in [6.45, 7) is 2.85. The van der Waals surface area contributed by atoms with Crippen LogP contribution in [0.1, 0.15) is 5.82 Å². The number of H-pyrrole nitrogens is 1. The van der Waals surface area contributed by atoms with Crippen molar-refractivity contribution in [2.24, 2.45) is 0 Å². The third-order valence-electron chi connectivity index (χ3n) is 5.06. The number of halogens is 1. The fourth-order valence-corrected chi connectivity index (χ4v) is 3.60. The minimum atomic E-state index is 0.182. The van der Waals surface area contributed by atoms with Gasteiger partial charge in [0.1, 0.15) is 5.82 Å². The van der Waals surface area contributed by atoms with Crippen molar-refractivity contribution < 1.29 is 4.79 Å². The number of likely N-dealkylation sites (N-methyl/N-ethyl adjacent to an activating group) is 1. The van der Waals surface area contributed by atoms with Crippen LogP contribution in [0.5, 0.6) is 0 Å². The number of imidazole rings is 1. The zero-order valence-corrected chi connectivity index (χ0v) is 16.6. The van der Waals surface area contributed by atoms with Crippen LogP contribution in [0.2, 0.25) is 5.02 Å². The van der Waals surface area contributed by atoms with Gasteiger partial charge >= 0.3 is 0 Å². The molecule has 0 saturated carbocycles. The Morgan fingerprint density at radius 2 is 1.79 bits per heavy atom. The standard InChI is InChI=1S/C22H23ClN4O/c1-26-13-14-27(20(28)15-26)12-11-19-24-21(16-5-3-2-4-6-16)22(25-19)17-7-9-18(23)10-8-17/h2-10H,11-15H2,1H3,(H,24,25). The number of benzene rings is 2. The van der Waals surface area contributed by atoms with Gasteiger partial charge in [0.25, 0.3) is 0 Å². The SMILES string of the molecule is CN1CCN(CCc2nc(-c3ccccc3)c(-c3ccc(Cl)cc3)[nH]2)C(=O)C1. The molecule has 0 aliphatic carbocycles. The van der Waals surface area contributed by atoms with Crippen molar-refractivity contribution in [1.29, 1.82) is 0 Å². The predicted octanol–water partition coefficient (Wildman–Crippen LogP) is 3.71. The quantitative estimate of drug-likeness (QED) is 0.717. The first-order chi connectivity index (χ1) is 13.6. The lowest BCUT2D eigenvalue weighted by atomic mass is 10.1. The second-order valence-electron chi connectivity index (χ2n) is 7.15. The first-order valence-electron chi connectivity index (χ1n) is 9.47. The predicted molar refractivity (Wildman–Crippen MR) is 112 cm³/mol. The molecule has 3 aromatic rings. The van der Waals surface area contributed by atoms with E-state index in [1.165, 1.54) is 0 Å². The summed E-state index contributed by atoms with van der Waals surface area (Å²) >= 11 is 6.05. The summed E-state index contributed by atoms with van der Waals surface area (Å²) in [6, 6.07) is 17.9. The number of rotatable bonds is 5. The monoisotopic (exact) mass is 394 g/mol. The van der Waals surface area contributed by atoms with Crippen molar-refractivity contribution in [1.82, 2.24) is 19.8 Å². The molecule has 0 spiro atoms. The first-order valence-corrected chi connectivity index (χ1v) is 9.84. The summed E-state index contributed by atoms with van der Waals surface area (Å²) < 4.78 is 0. The second-order valence-corrected chi connectivity index (χ2v) is 7.59. The summed E-state index contributed by atoms with van der Waals surface area (Å²) in [5.41, 5.74) is 3.99. The lowest BCUT2D eigenvalue weighted by Crippen LogP contribution is -2.49. The highest BCUT2D eigenvalue weighted by Gasteiger charge is 2.22. The number of nitrogens with one attached hydrogen (secondary N) is 1. The van der Waals surface area contributed by atoms with Gasteiger partial charge in [0.15, 0.2) is 0 Å². The molecule has 1 saturated heterocycles. The van der Waals surface area contributed by atoms with Gasteiger partial charge in [-0.15, -0.1) is 0 Å². The summed E-state index contributed by atoms with van der Waals surface area (Å²) in [7, 11) is 1.98. The van der Waals surface area contributed by atoms with E-state index in [1.54, 1.807) is 0 Å². The van der Waals surface area contributed by atoms with Crippen LogP contribution in [0, 0.1) is 0 Å². The van der Waals surface area contributed by atoms with Crippen molar-refractivity contribution >= 4 is 17.5 Å². The van der Waals surface area contributed by atoms with Crippen LogP contribution in [0.4, 0.5) is 0 Å². The molecule has 1 aliphatic rings. The number of aromatic amines is 1. The Hall–Kier alpha value is -2.63. The van der Waals surface area contributed by atoms with Crippen molar-refractivity contribution in [3.63, 3.8) is 0 Å². The van der Waals surface area contributed by atoms with Crippen molar-refractivity contribution in [2.75, 3.05) is 33.2 Å². The smallest absolute Gasteiger partial charge is 0.236 e. The number of hydrogen-bond donors (Lipinski definition) is 1. The van der Waals surface area contributed by atoms with Crippen LogP contribution in [0.3, 0.4) is 0 Å². The lowest BCUT2D eigenvalue weighted by Gasteiger charge is -2.31. The molecule has 0 atom stereocenters. The number of hydrogen-bond acceptors (Lipinski definition) is 3. The van der Waals surface area contributed by atoms with E-state index in [-0.39, 0.29) is 5.91 Å². The number of carbonyl (C=O) groups excluding carboxylic acids is 1. The second kappa shape index (κ2) is 8.17. The molecular weight excluding hydrogens is 372 g/mol. The Kier molecular flexibility index (Phi) is 5.46. The maximum Gasteiger partial charge on any atom is 0.236 e. The highest BCUT2D eigenvalue weighted by Crippen LogP contribution is 2.31. The molecule has 2 aromatic carbocycles. The fraction of sp³-hybridized carbons (Fsp3) is 0.273. The number of aromatic nitrogens is 2. The molecule has 1 aliphatic heterocycles. The Bertz CT molecular complexity index is 952. The largest absolute Gasteiger partial charge is 0.341 e. The molecule has 1 N–H and O–H groups in total. The molecule has 0 unspecified atom stereocenters. The molecule has 1 amide bonds. The number of nitrogens with zero attached hydrogens (tertiary/aromatic N) is 3. The maximum atomic E-state index is 12.2. The molecule has 144 valence electrons. The Labute approximate surface area is 170 Å². The molecular formula is C22H23ClN4O. The maximum absolute atomic E-state index is 12.2. The Balaban J connectivity index is 1.60. The van der Waals surface area contributed by atoms with Crippen molar-refractivity contribution in [2.45, 2.75) is 6.42 Å². The number of piperazine rings is 1. The van der Waals surface area contributed by atoms with Gasteiger partial charge < -0.3 is 9.88 Å². The molecule has 6 heteroatoms. The number of amides is 1. The van der Waals surface area contributed by atoms with Gasteiger partial charge in [0.05, 0.1) is 17.9 Å². The molecule has 0 radical (unpaired) electrons. The zero-order chi connectivity index (χ0) is 19.5. The van der Waals surface area contributed by atoms with Gasteiger partial charge in [-0.1, -0.05) is 54.1 Å². The normalized spacial score (nSPS) is 15.2. The van der Waals surface area contributed by atoms with Crippen LogP contribution in [-0.4, -0.2) is 58.9 Å². The number of carbonyl (C=O) groups is 1. The first kappa shape index (κ1) is 18.7. The minimum Gasteiger partial charge on any atom is -0.341 e. The minimum absolute atomic E-state index is 0.182. The third kappa shape index (κ3) is 4.11. The molecule has 2 heterocycles.